The number of hydrogen-bond acceptors (Lipinski definition) is 3. The monoisotopic (exact) mass is 373 g/mol. The molecule has 2 amide bonds. The minimum Gasteiger partial charge on any atom is -0.324 e. The summed E-state index contributed by atoms with van der Waals surface area (Å²) in [5, 5.41) is 2.82. The summed E-state index contributed by atoms with van der Waals surface area (Å²) in [6.45, 7) is 2.08. The molecular weight excluding hydrogens is 358 g/mol. The summed E-state index contributed by atoms with van der Waals surface area (Å²) in [5.41, 5.74) is 3.25. The van der Waals surface area contributed by atoms with E-state index in [9.17, 15) is 9.59 Å². The highest BCUT2D eigenvalue weighted by Crippen LogP contribution is 2.38. The Balaban J connectivity index is 1.91. The van der Waals surface area contributed by atoms with E-state index in [1.807, 2.05) is 30.3 Å². The van der Waals surface area contributed by atoms with Crippen LogP contribution in [0.15, 0.2) is 41.0 Å². The summed E-state index contributed by atoms with van der Waals surface area (Å²) in [4.78, 5) is 30.1. The lowest BCUT2D eigenvalue weighted by atomic mass is 10.1. The Morgan fingerprint density at radius 3 is 2.87 bits per heavy atom. The van der Waals surface area contributed by atoms with Gasteiger partial charge in [-0.3, -0.25) is 14.6 Å². The molecule has 0 fully saturated rings. The molecule has 1 aliphatic rings. The van der Waals surface area contributed by atoms with Gasteiger partial charge in [-0.2, -0.15) is 0 Å². The van der Waals surface area contributed by atoms with Gasteiger partial charge >= 0.3 is 0 Å². The molecule has 5 nitrogen and oxygen atoms in total. The molecule has 0 unspecified atom stereocenters. The van der Waals surface area contributed by atoms with Crippen molar-refractivity contribution in [2.45, 2.75) is 19.8 Å². The number of amides is 2. The van der Waals surface area contributed by atoms with Crippen LogP contribution < -0.4 is 10.2 Å². The lowest BCUT2D eigenvalue weighted by molar-refractivity contribution is -0.118. The summed E-state index contributed by atoms with van der Waals surface area (Å²) in [7, 11) is 0. The topological polar surface area (TPSA) is 62.3 Å². The van der Waals surface area contributed by atoms with Crippen LogP contribution in [0.25, 0.3) is 0 Å². The van der Waals surface area contributed by atoms with Gasteiger partial charge in [0.25, 0.3) is 0 Å². The van der Waals surface area contributed by atoms with E-state index in [-0.39, 0.29) is 18.2 Å². The van der Waals surface area contributed by atoms with Crippen molar-refractivity contribution in [3.05, 3.63) is 52.3 Å². The summed E-state index contributed by atoms with van der Waals surface area (Å²) in [6, 6.07) is 9.35. The van der Waals surface area contributed by atoms with Crippen LogP contribution in [0.5, 0.6) is 0 Å². The molecule has 1 aromatic carbocycles. The molecule has 0 bridgehead atoms. The number of fused-ring (bicyclic) bond motifs is 1. The Bertz CT molecular complexity index is 762. The van der Waals surface area contributed by atoms with E-state index in [1.54, 1.807) is 11.1 Å². The summed E-state index contributed by atoms with van der Waals surface area (Å²) in [5.74, 6) is -0.175. The summed E-state index contributed by atoms with van der Waals surface area (Å²) in [6.07, 6.45) is 2.70. The second-order valence-electron chi connectivity index (χ2n) is 5.44. The molecule has 0 saturated carbocycles. The first-order chi connectivity index (χ1) is 11.0. The molecule has 1 N–H and O–H groups in total. The third-order valence-corrected chi connectivity index (χ3v) is 4.16. The molecule has 0 radical (unpaired) electrons. The van der Waals surface area contributed by atoms with Crippen molar-refractivity contribution in [2.75, 3.05) is 16.8 Å². The number of benzene rings is 1. The lowest BCUT2D eigenvalue weighted by Crippen LogP contribution is -2.31. The van der Waals surface area contributed by atoms with Gasteiger partial charge in [-0.15, -0.1) is 0 Å². The van der Waals surface area contributed by atoms with Crippen LogP contribution in [0.4, 0.5) is 11.4 Å². The molecule has 3 rings (SSSR count). The van der Waals surface area contributed by atoms with E-state index in [1.165, 1.54) is 6.92 Å². The minimum atomic E-state index is -0.158. The van der Waals surface area contributed by atoms with Crippen molar-refractivity contribution in [1.29, 1.82) is 0 Å². The molecular formula is C17H16BrN3O2. The van der Waals surface area contributed by atoms with Crippen LogP contribution in [-0.2, 0) is 22.4 Å². The third kappa shape index (κ3) is 3.42. The van der Waals surface area contributed by atoms with Crippen LogP contribution >= 0.6 is 15.9 Å². The number of aromatic nitrogens is 1. The van der Waals surface area contributed by atoms with E-state index >= 15 is 0 Å². The number of pyridine rings is 1. The number of rotatable bonds is 3. The maximum absolute atomic E-state index is 12.7. The molecule has 0 spiro atoms. The Kier molecular flexibility index (Phi) is 4.43. The van der Waals surface area contributed by atoms with Gasteiger partial charge in [-0.25, -0.2) is 0 Å². The molecule has 0 saturated heterocycles. The third-order valence-electron chi connectivity index (χ3n) is 3.70. The highest BCUT2D eigenvalue weighted by molar-refractivity contribution is 9.10. The Labute approximate surface area is 142 Å². The van der Waals surface area contributed by atoms with Crippen LogP contribution in [0.2, 0.25) is 0 Å². The van der Waals surface area contributed by atoms with Crippen LogP contribution in [0, 0.1) is 0 Å². The number of carbonyl (C=O) groups excluding carboxylic acids is 2. The Morgan fingerprint density at radius 2 is 2.17 bits per heavy atom. The number of carbonyl (C=O) groups is 2. The Hall–Kier alpha value is -2.21. The molecule has 1 aliphatic heterocycles. The molecule has 6 heteroatoms. The molecule has 0 aliphatic carbocycles. The maximum atomic E-state index is 12.7. The highest BCUT2D eigenvalue weighted by atomic mass is 79.9. The van der Waals surface area contributed by atoms with Crippen LogP contribution in [0.3, 0.4) is 0 Å². The van der Waals surface area contributed by atoms with E-state index in [4.69, 9.17) is 0 Å². The quantitative estimate of drug-likeness (QED) is 0.899. The fourth-order valence-electron chi connectivity index (χ4n) is 2.80. The molecule has 0 atom stereocenters. The number of nitrogens with one attached hydrogen (secondary N) is 1. The summed E-state index contributed by atoms with van der Waals surface area (Å²) < 4.78 is 0.888. The van der Waals surface area contributed by atoms with Crippen molar-refractivity contribution >= 4 is 39.1 Å². The largest absolute Gasteiger partial charge is 0.324 e. The molecule has 23 heavy (non-hydrogen) atoms. The fraction of sp³-hybridized carbons (Fsp3) is 0.235. The second-order valence-corrected chi connectivity index (χ2v) is 6.35. The average molecular weight is 374 g/mol. The first kappa shape index (κ1) is 15.7. The SMILES string of the molecule is CC(=O)Nc1cc(Br)cc2c1N(C(=O)Cc1ccccn1)CC2. The zero-order chi connectivity index (χ0) is 16.4. The predicted molar refractivity (Wildman–Crippen MR) is 92.4 cm³/mol. The normalized spacial score (nSPS) is 12.9. The fourth-order valence-corrected chi connectivity index (χ4v) is 3.30. The van der Waals surface area contributed by atoms with Gasteiger partial charge in [0.2, 0.25) is 11.8 Å². The van der Waals surface area contributed by atoms with Gasteiger partial charge in [0.1, 0.15) is 0 Å². The van der Waals surface area contributed by atoms with E-state index in [0.29, 0.717) is 12.2 Å². The maximum Gasteiger partial charge on any atom is 0.233 e. The number of nitrogens with zero attached hydrogens (tertiary/aromatic N) is 2. The van der Waals surface area contributed by atoms with Gasteiger partial charge < -0.3 is 10.2 Å². The van der Waals surface area contributed by atoms with Gasteiger partial charge in [0, 0.05) is 29.8 Å². The van der Waals surface area contributed by atoms with Crippen molar-refractivity contribution in [1.82, 2.24) is 4.98 Å². The standard InChI is InChI=1S/C17H16BrN3O2/c1-11(22)20-15-9-13(18)8-12-5-7-21(17(12)15)16(23)10-14-4-2-3-6-19-14/h2-4,6,8-9H,5,7,10H2,1H3,(H,20,22). The van der Waals surface area contributed by atoms with E-state index in [2.05, 4.69) is 26.2 Å². The summed E-state index contributed by atoms with van der Waals surface area (Å²) >= 11 is 3.45. The second kappa shape index (κ2) is 6.50. The van der Waals surface area contributed by atoms with Crippen molar-refractivity contribution in [2.24, 2.45) is 0 Å². The van der Waals surface area contributed by atoms with E-state index in [0.717, 1.165) is 27.8 Å². The number of anilines is 2. The van der Waals surface area contributed by atoms with Crippen molar-refractivity contribution in [3.63, 3.8) is 0 Å². The first-order valence-corrected chi connectivity index (χ1v) is 8.14. The van der Waals surface area contributed by atoms with Gasteiger partial charge in [-0.1, -0.05) is 22.0 Å². The number of halogens is 1. The van der Waals surface area contributed by atoms with Crippen molar-refractivity contribution < 1.29 is 9.59 Å². The zero-order valence-electron chi connectivity index (χ0n) is 12.7. The highest BCUT2D eigenvalue weighted by Gasteiger charge is 2.28. The number of hydrogen-bond donors (Lipinski definition) is 1. The predicted octanol–water partition coefficient (Wildman–Crippen LogP) is 2.93. The van der Waals surface area contributed by atoms with E-state index < -0.39 is 0 Å². The average Bonchev–Trinajstić information content (AvgIpc) is 2.91. The van der Waals surface area contributed by atoms with Gasteiger partial charge in [0.15, 0.2) is 0 Å². The lowest BCUT2D eigenvalue weighted by Gasteiger charge is -2.20. The van der Waals surface area contributed by atoms with Gasteiger partial charge in [-0.05, 0) is 36.2 Å². The Morgan fingerprint density at radius 1 is 1.35 bits per heavy atom. The first-order valence-electron chi connectivity index (χ1n) is 7.35. The zero-order valence-corrected chi connectivity index (χ0v) is 14.3. The minimum absolute atomic E-state index is 0.0172. The van der Waals surface area contributed by atoms with Crippen LogP contribution in [-0.4, -0.2) is 23.3 Å². The van der Waals surface area contributed by atoms with Gasteiger partial charge in [0.05, 0.1) is 17.8 Å². The molecule has 118 valence electrons. The molecule has 2 heterocycles. The van der Waals surface area contributed by atoms with Crippen LogP contribution in [0.1, 0.15) is 18.2 Å². The molecule has 2 aromatic rings. The molecule has 1 aromatic heterocycles. The smallest absolute Gasteiger partial charge is 0.233 e. The van der Waals surface area contributed by atoms with Crippen molar-refractivity contribution in [3.8, 4) is 0 Å².